The van der Waals surface area contributed by atoms with Crippen LogP contribution in [0, 0.1) is 13.8 Å². The standard InChI is InChI=1S/C21H25BrN2O4S/c1-11-12(2)29-20(17(11)18(26)13-6-8-14(22)9-7-13)24-19(27)15(23)10-16(25)28-21(3,4)5/h6-9,15H,10,23H2,1-5H3,(H,24,27). The summed E-state index contributed by atoms with van der Waals surface area (Å²) in [6, 6.07) is 5.94. The smallest absolute Gasteiger partial charge is 0.308 e. The van der Waals surface area contributed by atoms with Gasteiger partial charge in [-0.2, -0.15) is 0 Å². The lowest BCUT2D eigenvalue weighted by Gasteiger charge is -2.20. The van der Waals surface area contributed by atoms with Gasteiger partial charge in [0.05, 0.1) is 18.0 Å². The maximum Gasteiger partial charge on any atom is 0.308 e. The van der Waals surface area contributed by atoms with Crippen LogP contribution in [0.5, 0.6) is 0 Å². The number of aryl methyl sites for hydroxylation is 1. The highest BCUT2D eigenvalue weighted by atomic mass is 79.9. The van der Waals surface area contributed by atoms with Gasteiger partial charge in [-0.25, -0.2) is 0 Å². The summed E-state index contributed by atoms with van der Waals surface area (Å²) in [7, 11) is 0. The van der Waals surface area contributed by atoms with E-state index < -0.39 is 23.5 Å². The van der Waals surface area contributed by atoms with Gasteiger partial charge in [-0.1, -0.05) is 15.9 Å². The van der Waals surface area contributed by atoms with Crippen LogP contribution in [0.4, 0.5) is 5.00 Å². The molecule has 1 heterocycles. The van der Waals surface area contributed by atoms with E-state index in [4.69, 9.17) is 10.5 Å². The molecule has 8 heteroatoms. The van der Waals surface area contributed by atoms with Gasteiger partial charge in [0.1, 0.15) is 10.6 Å². The summed E-state index contributed by atoms with van der Waals surface area (Å²) in [5.74, 6) is -1.28. The average Bonchev–Trinajstić information content (AvgIpc) is 2.87. The highest BCUT2D eigenvalue weighted by Gasteiger charge is 2.26. The zero-order valence-electron chi connectivity index (χ0n) is 17.1. The zero-order valence-corrected chi connectivity index (χ0v) is 19.5. The minimum Gasteiger partial charge on any atom is -0.460 e. The molecular formula is C21H25BrN2O4S. The quantitative estimate of drug-likeness (QED) is 0.472. The van der Waals surface area contributed by atoms with Crippen molar-refractivity contribution in [1.82, 2.24) is 0 Å². The van der Waals surface area contributed by atoms with Crippen LogP contribution in [0.25, 0.3) is 0 Å². The van der Waals surface area contributed by atoms with Crippen LogP contribution in [0.2, 0.25) is 0 Å². The number of amides is 1. The SMILES string of the molecule is Cc1sc(NC(=O)C(N)CC(=O)OC(C)(C)C)c(C(=O)c2ccc(Br)cc2)c1C. The van der Waals surface area contributed by atoms with Crippen molar-refractivity contribution < 1.29 is 19.1 Å². The van der Waals surface area contributed by atoms with E-state index in [0.717, 1.165) is 14.9 Å². The third-order valence-corrected chi connectivity index (χ3v) is 5.75. The summed E-state index contributed by atoms with van der Waals surface area (Å²) >= 11 is 4.66. The van der Waals surface area contributed by atoms with Crippen molar-refractivity contribution in [3.8, 4) is 0 Å². The molecule has 2 aromatic rings. The minimum absolute atomic E-state index is 0.185. The van der Waals surface area contributed by atoms with Crippen molar-refractivity contribution in [1.29, 1.82) is 0 Å². The number of benzene rings is 1. The molecule has 29 heavy (non-hydrogen) atoms. The second-order valence-electron chi connectivity index (χ2n) is 7.71. The lowest BCUT2D eigenvalue weighted by atomic mass is 10.0. The molecule has 0 aliphatic carbocycles. The first kappa shape index (κ1) is 23.3. The van der Waals surface area contributed by atoms with Crippen LogP contribution in [-0.4, -0.2) is 29.3 Å². The highest BCUT2D eigenvalue weighted by Crippen LogP contribution is 2.34. The van der Waals surface area contributed by atoms with E-state index in [-0.39, 0.29) is 12.2 Å². The molecule has 0 radical (unpaired) electrons. The molecule has 156 valence electrons. The fraction of sp³-hybridized carbons (Fsp3) is 0.381. The van der Waals surface area contributed by atoms with Crippen LogP contribution in [0.15, 0.2) is 28.7 Å². The molecule has 1 aromatic heterocycles. The number of anilines is 1. The molecule has 1 amide bonds. The molecule has 1 atom stereocenters. The van der Waals surface area contributed by atoms with Crippen molar-refractivity contribution in [3.63, 3.8) is 0 Å². The van der Waals surface area contributed by atoms with E-state index in [1.54, 1.807) is 45.0 Å². The van der Waals surface area contributed by atoms with Gasteiger partial charge >= 0.3 is 5.97 Å². The third-order valence-electron chi connectivity index (χ3n) is 4.10. The van der Waals surface area contributed by atoms with E-state index in [0.29, 0.717) is 16.1 Å². The van der Waals surface area contributed by atoms with Crippen LogP contribution in [0.1, 0.15) is 53.6 Å². The number of ether oxygens (including phenoxy) is 1. The average molecular weight is 481 g/mol. The minimum atomic E-state index is -1.08. The van der Waals surface area contributed by atoms with Gasteiger partial charge in [-0.05, 0) is 64.4 Å². The summed E-state index contributed by atoms with van der Waals surface area (Å²) in [5, 5.41) is 3.15. The first-order valence-electron chi connectivity index (χ1n) is 9.07. The predicted octanol–water partition coefficient (Wildman–Crippen LogP) is 4.36. The number of esters is 1. The Morgan fingerprint density at radius 2 is 1.76 bits per heavy atom. The van der Waals surface area contributed by atoms with Crippen molar-refractivity contribution in [3.05, 3.63) is 50.3 Å². The summed E-state index contributed by atoms with van der Waals surface area (Å²) in [5.41, 5.74) is 6.99. The number of hydrogen-bond acceptors (Lipinski definition) is 6. The number of carbonyl (C=O) groups excluding carboxylic acids is 3. The number of hydrogen-bond donors (Lipinski definition) is 2. The van der Waals surface area contributed by atoms with Gasteiger partial charge in [0.2, 0.25) is 5.91 Å². The van der Waals surface area contributed by atoms with E-state index in [1.807, 2.05) is 13.8 Å². The lowest BCUT2D eigenvalue weighted by molar-refractivity contribution is -0.155. The largest absolute Gasteiger partial charge is 0.460 e. The molecule has 0 bridgehead atoms. The number of thiophene rings is 1. The topological polar surface area (TPSA) is 98.5 Å². The van der Waals surface area contributed by atoms with Crippen molar-refractivity contribution >= 4 is 49.9 Å². The molecule has 3 N–H and O–H groups in total. The number of rotatable bonds is 6. The maximum absolute atomic E-state index is 13.0. The molecule has 2 rings (SSSR count). The molecule has 0 aliphatic rings. The second kappa shape index (κ2) is 9.19. The summed E-state index contributed by atoms with van der Waals surface area (Å²) in [6.45, 7) is 8.96. The summed E-state index contributed by atoms with van der Waals surface area (Å²) in [4.78, 5) is 38.4. The summed E-state index contributed by atoms with van der Waals surface area (Å²) in [6.07, 6.45) is -0.248. The van der Waals surface area contributed by atoms with Gasteiger partial charge in [-0.15, -0.1) is 11.3 Å². The van der Waals surface area contributed by atoms with Crippen molar-refractivity contribution in [2.45, 2.75) is 52.7 Å². The normalized spacial score (nSPS) is 12.4. The van der Waals surface area contributed by atoms with Crippen LogP contribution in [0.3, 0.4) is 0 Å². The summed E-state index contributed by atoms with van der Waals surface area (Å²) < 4.78 is 6.08. The monoisotopic (exact) mass is 480 g/mol. The fourth-order valence-electron chi connectivity index (χ4n) is 2.59. The zero-order chi connectivity index (χ0) is 21.9. The number of halogens is 1. The van der Waals surface area contributed by atoms with E-state index in [9.17, 15) is 14.4 Å². The molecule has 0 fully saturated rings. The molecule has 0 spiro atoms. The Morgan fingerprint density at radius 1 is 1.17 bits per heavy atom. The van der Waals surface area contributed by atoms with Crippen LogP contribution >= 0.6 is 27.3 Å². The van der Waals surface area contributed by atoms with E-state index in [1.165, 1.54) is 11.3 Å². The van der Waals surface area contributed by atoms with Crippen molar-refractivity contribution in [2.75, 3.05) is 5.32 Å². The Labute approximate surface area is 182 Å². The molecule has 0 saturated carbocycles. The number of ketones is 1. The Morgan fingerprint density at radius 3 is 2.31 bits per heavy atom. The molecule has 0 saturated heterocycles. The fourth-order valence-corrected chi connectivity index (χ4v) is 3.92. The van der Waals surface area contributed by atoms with Gasteiger partial charge < -0.3 is 15.8 Å². The molecule has 0 aliphatic heterocycles. The lowest BCUT2D eigenvalue weighted by Crippen LogP contribution is -2.39. The Balaban J connectivity index is 2.20. The maximum atomic E-state index is 13.0. The number of nitrogens with two attached hydrogens (primary N) is 1. The van der Waals surface area contributed by atoms with Gasteiger partial charge in [0.25, 0.3) is 0 Å². The Hall–Kier alpha value is -2.03. The Bertz CT molecular complexity index is 929. The molecular weight excluding hydrogens is 456 g/mol. The Kier molecular flexibility index (Phi) is 7.37. The van der Waals surface area contributed by atoms with E-state index in [2.05, 4.69) is 21.2 Å². The second-order valence-corrected chi connectivity index (χ2v) is 9.85. The molecule has 6 nitrogen and oxygen atoms in total. The van der Waals surface area contributed by atoms with Crippen LogP contribution in [-0.2, 0) is 14.3 Å². The predicted molar refractivity (Wildman–Crippen MR) is 118 cm³/mol. The number of carbonyl (C=O) groups is 3. The molecule has 1 aromatic carbocycles. The van der Waals surface area contributed by atoms with Crippen LogP contribution < -0.4 is 11.1 Å². The first-order chi connectivity index (χ1) is 13.4. The highest BCUT2D eigenvalue weighted by molar-refractivity contribution is 9.10. The molecule has 1 unspecified atom stereocenters. The van der Waals surface area contributed by atoms with E-state index >= 15 is 0 Å². The van der Waals surface area contributed by atoms with Gasteiger partial charge in [0, 0.05) is 14.9 Å². The van der Waals surface area contributed by atoms with Crippen molar-refractivity contribution in [2.24, 2.45) is 5.73 Å². The third kappa shape index (κ3) is 6.22. The van der Waals surface area contributed by atoms with Gasteiger partial charge in [-0.3, -0.25) is 14.4 Å². The number of nitrogens with one attached hydrogen (secondary N) is 1. The van der Waals surface area contributed by atoms with Gasteiger partial charge in [0.15, 0.2) is 5.78 Å². The first-order valence-corrected chi connectivity index (χ1v) is 10.7.